The van der Waals surface area contributed by atoms with Crippen molar-refractivity contribution in [3.05, 3.63) is 53.9 Å². The number of nitrogens with one attached hydrogen (secondary N) is 2. The van der Waals surface area contributed by atoms with Gasteiger partial charge in [0, 0.05) is 19.5 Å². The van der Waals surface area contributed by atoms with Crippen LogP contribution in [-0.4, -0.2) is 66.6 Å². The van der Waals surface area contributed by atoms with Crippen LogP contribution >= 0.6 is 0 Å². The Hall–Kier alpha value is -3.97. The van der Waals surface area contributed by atoms with E-state index in [1.54, 1.807) is 47.4 Å². The summed E-state index contributed by atoms with van der Waals surface area (Å²) in [7, 11) is 0. The molecule has 0 spiro atoms. The highest BCUT2D eigenvalue weighted by Gasteiger charge is 2.30. The van der Waals surface area contributed by atoms with Crippen LogP contribution in [0.2, 0.25) is 0 Å². The van der Waals surface area contributed by atoms with Crippen LogP contribution in [-0.2, 0) is 9.53 Å². The Morgan fingerprint density at radius 3 is 2.53 bits per heavy atom. The second kappa shape index (κ2) is 12.1. The minimum atomic E-state index is -0.538. The average molecular weight is 497 g/mol. The van der Waals surface area contributed by atoms with Gasteiger partial charge in [0.1, 0.15) is 23.2 Å². The number of carbonyl (C=O) groups is 2. The number of anilines is 2. The molecular formula is C26H32N4O6. The van der Waals surface area contributed by atoms with Crippen molar-refractivity contribution in [2.45, 2.75) is 38.9 Å². The summed E-state index contributed by atoms with van der Waals surface area (Å²) in [6.45, 7) is 13.7. The second-order valence-electron chi connectivity index (χ2n) is 9.26. The molecular weight excluding hydrogens is 464 g/mol. The molecule has 1 atom stereocenters. The molecule has 0 saturated carbocycles. The van der Waals surface area contributed by atoms with E-state index in [-0.39, 0.29) is 25.4 Å². The fraction of sp³-hybridized carbons (Fsp3) is 0.423. The van der Waals surface area contributed by atoms with E-state index in [9.17, 15) is 9.59 Å². The average Bonchev–Trinajstić information content (AvgIpc) is 3.30. The van der Waals surface area contributed by atoms with E-state index >= 15 is 0 Å². The van der Waals surface area contributed by atoms with Crippen LogP contribution < -0.4 is 20.1 Å². The first-order chi connectivity index (χ1) is 17.2. The molecule has 2 aromatic carbocycles. The zero-order chi connectivity index (χ0) is 26.1. The third kappa shape index (κ3) is 8.06. The van der Waals surface area contributed by atoms with Crippen LogP contribution in [0, 0.1) is 6.57 Å². The van der Waals surface area contributed by atoms with Crippen molar-refractivity contribution < 1.29 is 28.9 Å². The number of hydrogen-bond donors (Lipinski definition) is 3. The van der Waals surface area contributed by atoms with E-state index < -0.39 is 11.5 Å². The number of amides is 2. The number of likely N-dealkylation sites (tertiary alicyclic amines) is 1. The molecule has 2 amide bonds. The molecule has 1 heterocycles. The predicted octanol–water partition coefficient (Wildman–Crippen LogP) is 4.05. The van der Waals surface area contributed by atoms with Gasteiger partial charge in [0.2, 0.25) is 0 Å². The molecule has 1 saturated heterocycles. The van der Waals surface area contributed by atoms with Gasteiger partial charge in [0.25, 0.3) is 5.91 Å². The molecule has 1 fully saturated rings. The Labute approximate surface area is 211 Å². The third-order valence-electron chi connectivity index (χ3n) is 5.13. The first kappa shape index (κ1) is 26.6. The third-order valence-corrected chi connectivity index (χ3v) is 5.13. The first-order valence-electron chi connectivity index (χ1n) is 11.7. The Kier molecular flexibility index (Phi) is 8.97. The fourth-order valence-corrected chi connectivity index (χ4v) is 3.51. The highest BCUT2D eigenvalue weighted by molar-refractivity contribution is 5.96. The summed E-state index contributed by atoms with van der Waals surface area (Å²) in [4.78, 5) is 29.7. The maximum absolute atomic E-state index is 12.4. The van der Waals surface area contributed by atoms with E-state index in [0.717, 1.165) is 0 Å². The largest absolute Gasteiger partial charge is 0.489 e. The highest BCUT2D eigenvalue weighted by Crippen LogP contribution is 2.28. The maximum atomic E-state index is 12.4. The van der Waals surface area contributed by atoms with Crippen LogP contribution in [0.25, 0.3) is 4.85 Å². The number of benzene rings is 2. The Morgan fingerprint density at radius 1 is 1.14 bits per heavy atom. The zero-order valence-corrected chi connectivity index (χ0v) is 20.7. The van der Waals surface area contributed by atoms with Gasteiger partial charge in [-0.1, -0.05) is 6.07 Å². The lowest BCUT2D eigenvalue weighted by Gasteiger charge is -2.24. The molecule has 10 heteroatoms. The van der Waals surface area contributed by atoms with E-state index in [0.29, 0.717) is 54.6 Å². The Balaban J connectivity index is 1.48. The van der Waals surface area contributed by atoms with Gasteiger partial charge in [0.15, 0.2) is 12.3 Å². The number of carbonyl (C=O) groups excluding carboxylic acids is 2. The lowest BCUT2D eigenvalue weighted by molar-refractivity contribution is -0.118. The van der Waals surface area contributed by atoms with Crippen LogP contribution in [0.1, 0.15) is 27.2 Å². The Bertz CT molecular complexity index is 1090. The minimum Gasteiger partial charge on any atom is -0.489 e. The molecule has 0 aliphatic carbocycles. The molecule has 2 aromatic rings. The molecule has 1 unspecified atom stereocenters. The monoisotopic (exact) mass is 496 g/mol. The number of nitrogens with zero attached hydrogens (tertiary/aromatic N) is 2. The summed E-state index contributed by atoms with van der Waals surface area (Å²) in [5.41, 5.74) is 0.881. The quantitative estimate of drug-likeness (QED) is 0.449. The SMILES string of the molecule is [C-]#[N+]c1ccc(NCCO)c(NC(=O)COc2ccc(OC3CCN(C(=O)OC(C)(C)C)C3)cc2)c1. The standard InChI is InChI=1S/C26H32N4O6/c1-26(2,3)36-25(33)30-13-11-21(16-30)35-20-8-6-19(7-9-20)34-17-24(32)29-23-15-18(27-4)5-10-22(23)28-12-14-31/h5-10,15,21,28,31H,11-14,16-17H2,1-3H3,(H,29,32). The van der Waals surface area contributed by atoms with Crippen molar-refractivity contribution in [2.24, 2.45) is 0 Å². The number of rotatable bonds is 9. The summed E-state index contributed by atoms with van der Waals surface area (Å²) in [6.07, 6.45) is 0.240. The molecule has 192 valence electrons. The predicted molar refractivity (Wildman–Crippen MR) is 136 cm³/mol. The van der Waals surface area contributed by atoms with Crippen molar-refractivity contribution in [1.82, 2.24) is 4.90 Å². The molecule has 0 bridgehead atoms. The number of hydrogen-bond acceptors (Lipinski definition) is 7. The van der Waals surface area contributed by atoms with Crippen LogP contribution in [0.3, 0.4) is 0 Å². The summed E-state index contributed by atoms with van der Waals surface area (Å²) in [5, 5.41) is 14.8. The lowest BCUT2D eigenvalue weighted by Crippen LogP contribution is -2.36. The summed E-state index contributed by atoms with van der Waals surface area (Å²) in [5.74, 6) is 0.740. The van der Waals surface area contributed by atoms with Gasteiger partial charge in [0.05, 0.1) is 31.1 Å². The van der Waals surface area contributed by atoms with E-state index in [1.807, 2.05) is 20.8 Å². The smallest absolute Gasteiger partial charge is 0.410 e. The summed E-state index contributed by atoms with van der Waals surface area (Å²) < 4.78 is 17.0. The molecule has 0 aromatic heterocycles. The molecule has 3 N–H and O–H groups in total. The molecule has 1 aliphatic heterocycles. The van der Waals surface area contributed by atoms with Gasteiger partial charge >= 0.3 is 6.09 Å². The van der Waals surface area contributed by atoms with Gasteiger partial charge in [-0.2, -0.15) is 0 Å². The van der Waals surface area contributed by atoms with Crippen LogP contribution in [0.5, 0.6) is 11.5 Å². The summed E-state index contributed by atoms with van der Waals surface area (Å²) >= 11 is 0. The first-order valence-corrected chi connectivity index (χ1v) is 11.7. The Morgan fingerprint density at radius 2 is 1.86 bits per heavy atom. The second-order valence-corrected chi connectivity index (χ2v) is 9.26. The molecule has 0 radical (unpaired) electrons. The normalized spacial score (nSPS) is 15.1. The van der Waals surface area contributed by atoms with Crippen molar-refractivity contribution in [3.63, 3.8) is 0 Å². The molecule has 3 rings (SSSR count). The maximum Gasteiger partial charge on any atom is 0.410 e. The zero-order valence-electron chi connectivity index (χ0n) is 20.7. The van der Waals surface area contributed by atoms with Crippen LogP contribution in [0.4, 0.5) is 21.9 Å². The van der Waals surface area contributed by atoms with Crippen molar-refractivity contribution >= 4 is 29.1 Å². The van der Waals surface area contributed by atoms with Crippen molar-refractivity contribution in [3.8, 4) is 11.5 Å². The van der Waals surface area contributed by atoms with Crippen molar-refractivity contribution in [2.75, 3.05) is 43.5 Å². The van der Waals surface area contributed by atoms with Gasteiger partial charge in [-0.25, -0.2) is 9.64 Å². The van der Waals surface area contributed by atoms with Crippen molar-refractivity contribution in [1.29, 1.82) is 0 Å². The highest BCUT2D eigenvalue weighted by atomic mass is 16.6. The minimum absolute atomic E-state index is 0.0660. The van der Waals surface area contributed by atoms with E-state index in [2.05, 4.69) is 15.5 Å². The number of aliphatic hydroxyl groups is 1. The topological polar surface area (TPSA) is 114 Å². The van der Waals surface area contributed by atoms with E-state index in [1.165, 1.54) is 0 Å². The van der Waals surface area contributed by atoms with Gasteiger partial charge in [-0.3, -0.25) is 4.79 Å². The van der Waals surface area contributed by atoms with Gasteiger partial charge < -0.3 is 34.9 Å². The summed E-state index contributed by atoms with van der Waals surface area (Å²) in [6, 6.07) is 11.8. The van der Waals surface area contributed by atoms with Gasteiger partial charge in [-0.05, 0) is 57.2 Å². The number of aliphatic hydroxyl groups excluding tert-OH is 1. The molecule has 36 heavy (non-hydrogen) atoms. The molecule has 10 nitrogen and oxygen atoms in total. The van der Waals surface area contributed by atoms with Crippen LogP contribution in [0.15, 0.2) is 42.5 Å². The fourth-order valence-electron chi connectivity index (χ4n) is 3.51. The van der Waals surface area contributed by atoms with E-state index in [4.69, 9.17) is 25.9 Å². The van der Waals surface area contributed by atoms with Gasteiger partial charge in [-0.15, -0.1) is 0 Å². The number of ether oxygens (including phenoxy) is 3. The lowest BCUT2D eigenvalue weighted by atomic mass is 10.2. The molecule has 1 aliphatic rings.